The highest BCUT2D eigenvalue weighted by atomic mass is 19.1. The Morgan fingerprint density at radius 1 is 1.11 bits per heavy atom. The summed E-state index contributed by atoms with van der Waals surface area (Å²) in [5, 5.41) is 0. The van der Waals surface area contributed by atoms with Gasteiger partial charge in [-0.3, -0.25) is 4.79 Å². The topological polar surface area (TPSA) is 26.3 Å². The predicted molar refractivity (Wildman–Crippen MR) is 67.6 cm³/mol. The minimum atomic E-state index is -0.499. The maximum absolute atomic E-state index is 13.6. The van der Waals surface area contributed by atoms with Crippen molar-refractivity contribution in [3.8, 4) is 5.75 Å². The minimum Gasteiger partial charge on any atom is -0.497 e. The fraction of sp³-hybridized carbons (Fsp3) is 0.133. The number of ketones is 1. The number of halogens is 1. The molecule has 0 aromatic heterocycles. The number of aryl methyl sites for hydroxylation is 1. The third-order valence-electron chi connectivity index (χ3n) is 2.72. The van der Waals surface area contributed by atoms with Crippen LogP contribution >= 0.6 is 0 Å². The van der Waals surface area contributed by atoms with Crippen molar-refractivity contribution in [1.29, 1.82) is 0 Å². The molecule has 2 nitrogen and oxygen atoms in total. The van der Waals surface area contributed by atoms with Gasteiger partial charge in [-0.2, -0.15) is 0 Å². The lowest BCUT2D eigenvalue weighted by molar-refractivity contribution is 0.103. The number of carbonyl (C=O) groups is 1. The molecule has 2 aromatic rings. The van der Waals surface area contributed by atoms with Gasteiger partial charge in [0.1, 0.15) is 11.6 Å². The van der Waals surface area contributed by atoms with Crippen molar-refractivity contribution in [1.82, 2.24) is 0 Å². The van der Waals surface area contributed by atoms with E-state index >= 15 is 0 Å². The number of hydrogen-bond acceptors (Lipinski definition) is 2. The maximum atomic E-state index is 13.6. The number of rotatable bonds is 3. The summed E-state index contributed by atoms with van der Waals surface area (Å²) in [7, 11) is 1.55. The van der Waals surface area contributed by atoms with E-state index in [1.165, 1.54) is 6.07 Å². The Hall–Kier alpha value is -2.16. The standard InChI is InChI=1S/C15H13FO2/c1-10-3-8-14(16)13(9-10)15(17)11-4-6-12(18-2)7-5-11/h3-9H,1-2H3. The summed E-state index contributed by atoms with van der Waals surface area (Å²) in [6, 6.07) is 11.1. The first kappa shape index (κ1) is 12.3. The van der Waals surface area contributed by atoms with Crippen molar-refractivity contribution in [3.63, 3.8) is 0 Å². The molecule has 0 amide bonds. The molecule has 0 atom stereocenters. The van der Waals surface area contributed by atoms with Crippen LogP contribution in [0, 0.1) is 12.7 Å². The van der Waals surface area contributed by atoms with Crippen LogP contribution in [0.5, 0.6) is 5.75 Å². The molecule has 2 rings (SSSR count). The molecule has 0 radical (unpaired) electrons. The molecule has 0 heterocycles. The Morgan fingerprint density at radius 3 is 2.39 bits per heavy atom. The lowest BCUT2D eigenvalue weighted by atomic mass is 10.0. The molecule has 0 N–H and O–H groups in total. The van der Waals surface area contributed by atoms with E-state index in [9.17, 15) is 9.18 Å². The predicted octanol–water partition coefficient (Wildman–Crippen LogP) is 3.37. The molecule has 0 aliphatic rings. The Bertz CT molecular complexity index is 574. The number of ether oxygens (including phenoxy) is 1. The molecule has 0 fully saturated rings. The minimum absolute atomic E-state index is 0.0974. The van der Waals surface area contributed by atoms with E-state index in [1.807, 2.05) is 6.92 Å². The molecule has 92 valence electrons. The van der Waals surface area contributed by atoms with Crippen LogP contribution in [0.1, 0.15) is 21.5 Å². The van der Waals surface area contributed by atoms with Crippen LogP contribution in [0.15, 0.2) is 42.5 Å². The van der Waals surface area contributed by atoms with Gasteiger partial charge in [-0.05, 0) is 43.3 Å². The van der Waals surface area contributed by atoms with Crippen molar-refractivity contribution in [2.24, 2.45) is 0 Å². The molecule has 0 spiro atoms. The lowest BCUT2D eigenvalue weighted by Crippen LogP contribution is -2.04. The van der Waals surface area contributed by atoms with E-state index in [2.05, 4.69) is 0 Å². The van der Waals surface area contributed by atoms with E-state index in [1.54, 1.807) is 43.5 Å². The summed E-state index contributed by atoms with van der Waals surface area (Å²) >= 11 is 0. The van der Waals surface area contributed by atoms with Crippen LogP contribution in [-0.2, 0) is 0 Å². The highest BCUT2D eigenvalue weighted by Crippen LogP contribution is 2.18. The molecule has 0 unspecified atom stereocenters. The number of carbonyl (C=O) groups excluding carboxylic acids is 1. The number of methoxy groups -OCH3 is 1. The summed E-state index contributed by atoms with van der Waals surface area (Å²) < 4.78 is 18.6. The van der Waals surface area contributed by atoms with Crippen LogP contribution in [0.25, 0.3) is 0 Å². The van der Waals surface area contributed by atoms with Crippen molar-refractivity contribution in [2.45, 2.75) is 6.92 Å². The average molecular weight is 244 g/mol. The van der Waals surface area contributed by atoms with Gasteiger partial charge in [0, 0.05) is 5.56 Å². The first-order valence-corrected chi connectivity index (χ1v) is 5.56. The van der Waals surface area contributed by atoms with Crippen LogP contribution in [0.2, 0.25) is 0 Å². The van der Waals surface area contributed by atoms with Crippen molar-refractivity contribution in [2.75, 3.05) is 7.11 Å². The summed E-state index contributed by atoms with van der Waals surface area (Å²) in [5.74, 6) is -0.156. The van der Waals surface area contributed by atoms with Gasteiger partial charge in [0.25, 0.3) is 0 Å². The molecule has 3 heteroatoms. The van der Waals surface area contributed by atoms with E-state index in [0.717, 1.165) is 5.56 Å². The molecular weight excluding hydrogens is 231 g/mol. The highest BCUT2D eigenvalue weighted by Gasteiger charge is 2.14. The zero-order valence-electron chi connectivity index (χ0n) is 10.2. The fourth-order valence-electron chi connectivity index (χ4n) is 1.71. The summed E-state index contributed by atoms with van der Waals surface area (Å²) in [6.07, 6.45) is 0. The Labute approximate surface area is 105 Å². The summed E-state index contributed by atoms with van der Waals surface area (Å²) in [5.41, 5.74) is 1.40. The van der Waals surface area contributed by atoms with Gasteiger partial charge in [0.2, 0.25) is 0 Å². The molecule has 0 bridgehead atoms. The third-order valence-corrected chi connectivity index (χ3v) is 2.72. The van der Waals surface area contributed by atoms with E-state index in [-0.39, 0.29) is 11.3 Å². The van der Waals surface area contributed by atoms with Crippen LogP contribution < -0.4 is 4.74 Å². The quantitative estimate of drug-likeness (QED) is 0.774. The second-order valence-corrected chi connectivity index (χ2v) is 4.04. The monoisotopic (exact) mass is 244 g/mol. The number of hydrogen-bond donors (Lipinski definition) is 0. The van der Waals surface area contributed by atoms with Gasteiger partial charge in [0.05, 0.1) is 12.7 Å². The zero-order valence-corrected chi connectivity index (χ0v) is 10.2. The Morgan fingerprint density at radius 2 is 1.78 bits per heavy atom. The first-order valence-electron chi connectivity index (χ1n) is 5.56. The highest BCUT2D eigenvalue weighted by molar-refractivity contribution is 6.09. The molecule has 18 heavy (non-hydrogen) atoms. The maximum Gasteiger partial charge on any atom is 0.195 e. The van der Waals surface area contributed by atoms with Gasteiger partial charge in [0.15, 0.2) is 5.78 Å². The molecule has 0 saturated carbocycles. The van der Waals surface area contributed by atoms with Gasteiger partial charge in [-0.15, -0.1) is 0 Å². The zero-order chi connectivity index (χ0) is 13.1. The smallest absolute Gasteiger partial charge is 0.195 e. The third kappa shape index (κ3) is 2.40. The van der Waals surface area contributed by atoms with Gasteiger partial charge in [-0.25, -0.2) is 4.39 Å². The summed E-state index contributed by atoms with van der Waals surface area (Å²) in [6.45, 7) is 1.82. The van der Waals surface area contributed by atoms with Gasteiger partial charge >= 0.3 is 0 Å². The SMILES string of the molecule is COc1ccc(C(=O)c2cc(C)ccc2F)cc1. The lowest BCUT2D eigenvalue weighted by Gasteiger charge is -2.05. The van der Waals surface area contributed by atoms with Gasteiger partial charge < -0.3 is 4.74 Å². The Balaban J connectivity index is 2.38. The second kappa shape index (κ2) is 5.00. The number of benzene rings is 2. The normalized spacial score (nSPS) is 10.2. The molecule has 2 aromatic carbocycles. The van der Waals surface area contributed by atoms with Gasteiger partial charge in [-0.1, -0.05) is 11.6 Å². The summed E-state index contributed by atoms with van der Waals surface area (Å²) in [4.78, 5) is 12.1. The first-order chi connectivity index (χ1) is 8.61. The second-order valence-electron chi connectivity index (χ2n) is 4.04. The molecule has 0 aliphatic heterocycles. The largest absolute Gasteiger partial charge is 0.497 e. The van der Waals surface area contributed by atoms with E-state index in [0.29, 0.717) is 11.3 Å². The van der Waals surface area contributed by atoms with Crippen LogP contribution in [0.4, 0.5) is 4.39 Å². The van der Waals surface area contributed by atoms with Crippen molar-refractivity contribution < 1.29 is 13.9 Å². The van der Waals surface area contributed by atoms with Crippen LogP contribution in [-0.4, -0.2) is 12.9 Å². The van der Waals surface area contributed by atoms with E-state index < -0.39 is 5.82 Å². The van der Waals surface area contributed by atoms with E-state index in [4.69, 9.17) is 4.74 Å². The van der Waals surface area contributed by atoms with Crippen molar-refractivity contribution in [3.05, 3.63) is 65.0 Å². The molecule has 0 saturated heterocycles. The molecular formula is C15H13FO2. The van der Waals surface area contributed by atoms with Crippen LogP contribution in [0.3, 0.4) is 0 Å². The Kier molecular flexibility index (Phi) is 3.42. The average Bonchev–Trinajstić information content (AvgIpc) is 2.41. The fourth-order valence-corrected chi connectivity index (χ4v) is 1.71. The molecule has 0 aliphatic carbocycles. The van der Waals surface area contributed by atoms with Crippen molar-refractivity contribution >= 4 is 5.78 Å².